The molecule has 0 saturated heterocycles. The average molecular weight is 205 g/mol. The van der Waals surface area contributed by atoms with Crippen molar-refractivity contribution in [1.82, 2.24) is 5.32 Å². The molecular formula is C8H15NO3S. The minimum Gasteiger partial charge on any atom is -0.453 e. The number of hydrogen-bond donors (Lipinski definition) is 1. The van der Waals surface area contributed by atoms with Crippen molar-refractivity contribution in [1.29, 1.82) is 0 Å². The summed E-state index contributed by atoms with van der Waals surface area (Å²) < 4.78 is 15.6. The molecular weight excluding hydrogens is 190 g/mol. The molecule has 5 heteroatoms. The van der Waals surface area contributed by atoms with E-state index in [1.807, 2.05) is 0 Å². The van der Waals surface area contributed by atoms with Crippen molar-refractivity contribution >= 4 is 16.9 Å². The number of amides is 1. The second kappa shape index (κ2) is 5.75. The molecule has 1 amide bonds. The first-order valence-electron chi connectivity index (χ1n) is 3.89. The quantitative estimate of drug-likeness (QED) is 0.745. The van der Waals surface area contributed by atoms with Crippen molar-refractivity contribution < 1.29 is 13.7 Å². The zero-order valence-corrected chi connectivity index (χ0v) is 8.89. The van der Waals surface area contributed by atoms with Crippen LogP contribution in [0, 0.1) is 0 Å². The van der Waals surface area contributed by atoms with E-state index in [0.29, 0.717) is 0 Å². The maximum atomic E-state index is 11.2. The highest BCUT2D eigenvalue weighted by Crippen LogP contribution is 2.02. The third-order valence-electron chi connectivity index (χ3n) is 1.77. The lowest BCUT2D eigenvalue weighted by atomic mass is 10.2. The van der Waals surface area contributed by atoms with Crippen LogP contribution in [-0.2, 0) is 15.5 Å². The van der Waals surface area contributed by atoms with Crippen molar-refractivity contribution in [2.24, 2.45) is 0 Å². The Morgan fingerprint density at radius 2 is 2.15 bits per heavy atom. The lowest BCUT2D eigenvalue weighted by Gasteiger charge is -2.18. The van der Waals surface area contributed by atoms with Crippen LogP contribution >= 0.6 is 0 Å². The molecule has 0 saturated carbocycles. The molecule has 1 N–H and O–H groups in total. The minimum atomic E-state index is -1.13. The van der Waals surface area contributed by atoms with E-state index in [0.717, 1.165) is 0 Å². The summed E-state index contributed by atoms with van der Waals surface area (Å²) in [5, 5.41) is 3.73. The Balaban J connectivity index is 4.10. The van der Waals surface area contributed by atoms with E-state index < -0.39 is 16.9 Å². The second-order valence-electron chi connectivity index (χ2n) is 2.62. The van der Waals surface area contributed by atoms with Gasteiger partial charge in [0.15, 0.2) is 0 Å². The van der Waals surface area contributed by atoms with Gasteiger partial charge in [-0.15, -0.1) is 0 Å². The fourth-order valence-corrected chi connectivity index (χ4v) is 1.49. The Bertz CT molecular complexity index is 217. The van der Waals surface area contributed by atoms with Gasteiger partial charge in [0, 0.05) is 16.8 Å². The van der Waals surface area contributed by atoms with Crippen LogP contribution in [0.3, 0.4) is 0 Å². The topological polar surface area (TPSA) is 55.4 Å². The van der Waals surface area contributed by atoms with Crippen molar-refractivity contribution in [3.8, 4) is 0 Å². The average Bonchev–Trinajstić information content (AvgIpc) is 2.14. The molecule has 0 radical (unpaired) electrons. The summed E-state index contributed by atoms with van der Waals surface area (Å²) in [4.78, 5) is 10.8. The van der Waals surface area contributed by atoms with E-state index >= 15 is 0 Å². The lowest BCUT2D eigenvalue weighted by molar-refractivity contribution is 0.167. The SMILES string of the molecule is C=CS(=O)C(C)[C@H](C)NC(=O)OC. The van der Waals surface area contributed by atoms with E-state index in [-0.39, 0.29) is 11.3 Å². The lowest BCUT2D eigenvalue weighted by Crippen LogP contribution is -2.41. The molecule has 0 aromatic heterocycles. The summed E-state index contributed by atoms with van der Waals surface area (Å²) in [6.07, 6.45) is -0.514. The highest BCUT2D eigenvalue weighted by molar-refractivity contribution is 7.88. The van der Waals surface area contributed by atoms with Gasteiger partial charge in [-0.2, -0.15) is 0 Å². The maximum Gasteiger partial charge on any atom is 0.407 e. The molecule has 0 heterocycles. The van der Waals surface area contributed by atoms with Gasteiger partial charge >= 0.3 is 6.09 Å². The first-order chi connectivity index (χ1) is 6.02. The maximum absolute atomic E-state index is 11.2. The molecule has 0 aliphatic rings. The summed E-state index contributed by atoms with van der Waals surface area (Å²) in [7, 11) is 0.162. The first kappa shape index (κ1) is 12.2. The van der Waals surface area contributed by atoms with E-state index in [1.54, 1.807) is 13.8 Å². The minimum absolute atomic E-state index is 0.170. The Hall–Kier alpha value is -0.840. The zero-order chi connectivity index (χ0) is 10.4. The van der Waals surface area contributed by atoms with Gasteiger partial charge in [-0.25, -0.2) is 4.79 Å². The number of ether oxygens (including phenoxy) is 1. The van der Waals surface area contributed by atoms with Gasteiger partial charge in [0.05, 0.1) is 12.4 Å². The predicted molar refractivity (Wildman–Crippen MR) is 52.8 cm³/mol. The Morgan fingerprint density at radius 1 is 1.62 bits per heavy atom. The Labute approximate surface area is 80.8 Å². The van der Waals surface area contributed by atoms with Crippen molar-refractivity contribution in [2.75, 3.05) is 7.11 Å². The number of alkyl carbamates (subject to hydrolysis) is 1. The number of carbonyl (C=O) groups excluding carboxylic acids is 1. The van der Waals surface area contributed by atoms with Crippen LogP contribution in [0.4, 0.5) is 4.79 Å². The molecule has 4 nitrogen and oxygen atoms in total. The smallest absolute Gasteiger partial charge is 0.407 e. The molecule has 0 aliphatic carbocycles. The standard InChI is InChI=1S/C8H15NO3S/c1-5-13(11)7(3)6(2)9-8(10)12-4/h5-7H,1H2,2-4H3,(H,9,10)/t6-,7?,13?/m0/s1. The van der Waals surface area contributed by atoms with Gasteiger partial charge in [0.25, 0.3) is 0 Å². The molecule has 0 rings (SSSR count). The van der Waals surface area contributed by atoms with Gasteiger partial charge in [-0.3, -0.25) is 4.21 Å². The van der Waals surface area contributed by atoms with Crippen LogP contribution in [0.5, 0.6) is 0 Å². The molecule has 0 aromatic carbocycles. The Kier molecular flexibility index (Phi) is 5.37. The molecule has 0 fully saturated rings. The Morgan fingerprint density at radius 3 is 2.54 bits per heavy atom. The molecule has 0 aromatic rings. The summed E-state index contributed by atoms with van der Waals surface area (Å²) in [5.41, 5.74) is 0. The van der Waals surface area contributed by atoms with Crippen molar-refractivity contribution in [3.63, 3.8) is 0 Å². The summed E-state index contributed by atoms with van der Waals surface area (Å²) in [5.74, 6) is 0. The van der Waals surface area contributed by atoms with Gasteiger partial charge in [0.2, 0.25) is 0 Å². The fraction of sp³-hybridized carbons (Fsp3) is 0.625. The molecule has 0 spiro atoms. The number of rotatable bonds is 4. The monoisotopic (exact) mass is 205 g/mol. The van der Waals surface area contributed by atoms with Crippen LogP contribution in [0.15, 0.2) is 12.0 Å². The van der Waals surface area contributed by atoms with Gasteiger partial charge < -0.3 is 10.1 Å². The van der Waals surface area contributed by atoms with Crippen LogP contribution in [0.25, 0.3) is 0 Å². The van der Waals surface area contributed by atoms with Crippen molar-refractivity contribution in [2.45, 2.75) is 25.1 Å². The van der Waals surface area contributed by atoms with E-state index in [2.05, 4.69) is 16.6 Å². The van der Waals surface area contributed by atoms with Gasteiger partial charge in [0.1, 0.15) is 0 Å². The van der Waals surface area contributed by atoms with Crippen LogP contribution < -0.4 is 5.32 Å². The fourth-order valence-electron chi connectivity index (χ4n) is 0.715. The predicted octanol–water partition coefficient (Wildman–Crippen LogP) is 1.01. The third-order valence-corrected chi connectivity index (χ3v) is 3.24. The molecule has 13 heavy (non-hydrogen) atoms. The number of carbonyl (C=O) groups is 1. The second-order valence-corrected chi connectivity index (χ2v) is 4.36. The highest BCUT2D eigenvalue weighted by atomic mass is 32.2. The molecule has 0 bridgehead atoms. The van der Waals surface area contributed by atoms with Crippen LogP contribution in [0.1, 0.15) is 13.8 Å². The number of nitrogens with one attached hydrogen (secondary N) is 1. The van der Waals surface area contributed by atoms with Gasteiger partial charge in [-0.1, -0.05) is 6.58 Å². The van der Waals surface area contributed by atoms with Gasteiger partial charge in [-0.05, 0) is 19.3 Å². The van der Waals surface area contributed by atoms with Crippen molar-refractivity contribution in [3.05, 3.63) is 12.0 Å². The number of hydrogen-bond acceptors (Lipinski definition) is 3. The molecule has 2 unspecified atom stereocenters. The third kappa shape index (κ3) is 4.07. The normalized spacial score (nSPS) is 16.8. The number of methoxy groups -OCH3 is 1. The van der Waals surface area contributed by atoms with Crippen LogP contribution in [-0.4, -0.2) is 28.7 Å². The largest absolute Gasteiger partial charge is 0.453 e. The first-order valence-corrected chi connectivity index (χ1v) is 5.17. The highest BCUT2D eigenvalue weighted by Gasteiger charge is 2.18. The molecule has 3 atom stereocenters. The van der Waals surface area contributed by atoms with E-state index in [9.17, 15) is 9.00 Å². The zero-order valence-electron chi connectivity index (χ0n) is 8.07. The summed E-state index contributed by atoms with van der Waals surface area (Å²) in [6.45, 7) is 6.96. The summed E-state index contributed by atoms with van der Waals surface area (Å²) in [6, 6.07) is -0.203. The van der Waals surface area contributed by atoms with E-state index in [1.165, 1.54) is 12.5 Å². The van der Waals surface area contributed by atoms with E-state index in [4.69, 9.17) is 0 Å². The molecule has 0 aliphatic heterocycles. The molecule has 76 valence electrons. The summed E-state index contributed by atoms with van der Waals surface area (Å²) >= 11 is 0. The van der Waals surface area contributed by atoms with Crippen LogP contribution in [0.2, 0.25) is 0 Å².